The zero-order valence-corrected chi connectivity index (χ0v) is 13.7. The Labute approximate surface area is 136 Å². The molecule has 9 nitrogen and oxygen atoms in total. The van der Waals surface area contributed by atoms with E-state index in [2.05, 4.69) is 42.7 Å². The van der Waals surface area contributed by atoms with Gasteiger partial charge in [-0.05, 0) is 0 Å². The van der Waals surface area contributed by atoms with E-state index in [1.807, 2.05) is 0 Å². The molecule has 0 N–H and O–H groups in total. The second-order valence-corrected chi connectivity index (χ2v) is 1.38. The zero-order valence-electron chi connectivity index (χ0n) is 10.7. The predicted octanol–water partition coefficient (Wildman–Crippen LogP) is -0.449. The van der Waals surface area contributed by atoms with E-state index in [9.17, 15) is 9.59 Å². The maximum atomic E-state index is 10.3. The first kappa shape index (κ1) is 42.7. The predicted molar refractivity (Wildman–Crippen MR) is 52.3 cm³/mol. The van der Waals surface area contributed by atoms with Crippen LogP contribution >= 0.6 is 0 Å². The Bertz CT molecular complexity index is 250. The van der Waals surface area contributed by atoms with Crippen LogP contribution in [0.5, 0.6) is 0 Å². The summed E-state index contributed by atoms with van der Waals surface area (Å²) in [5, 5.41) is 0. The van der Waals surface area contributed by atoms with Crippen LogP contribution in [0.25, 0.3) is 0 Å². The molecule has 0 aliphatic carbocycles. The second-order valence-electron chi connectivity index (χ2n) is 1.38. The van der Waals surface area contributed by atoms with Gasteiger partial charge in [0.1, 0.15) is 11.9 Å². The summed E-state index contributed by atoms with van der Waals surface area (Å²) < 4.78 is 45.9. The monoisotopic (exact) mass is 468 g/mol. The van der Waals surface area contributed by atoms with E-state index in [-0.39, 0.29) is 21.1 Å². The molecular weight excluding hydrogens is 460 g/mol. The van der Waals surface area contributed by atoms with E-state index in [1.165, 1.54) is 14.2 Å². The maximum Gasteiger partial charge on any atom is 2.00 e. The van der Waals surface area contributed by atoms with Gasteiger partial charge in [-0.3, -0.25) is 9.59 Å². The first-order chi connectivity index (χ1) is 9.70. The summed E-state index contributed by atoms with van der Waals surface area (Å²) in [7, 11) is 2.45. The van der Waals surface area contributed by atoms with Crippen molar-refractivity contribution < 1.29 is 63.4 Å². The molecule has 0 saturated carbocycles. The van der Waals surface area contributed by atoms with Crippen molar-refractivity contribution in [2.24, 2.45) is 0 Å². The first-order valence-corrected chi connectivity index (χ1v) is 3.56. The quantitative estimate of drug-likeness (QED) is 0.313. The normalized spacial score (nSPS) is 4.19. The van der Waals surface area contributed by atoms with Gasteiger partial charge in [0.05, 0.1) is 14.2 Å². The minimum Gasteiger partial charge on any atom is 2.00 e. The second kappa shape index (κ2) is 80.9. The largest absolute Gasteiger partial charge is 2.00 e. The molecule has 0 aromatic rings. The number of hydrogen-bond acceptors (Lipinski definition) is 4. The summed E-state index contributed by atoms with van der Waals surface area (Å²) >= 11 is 0. The Morgan fingerprint density at radius 1 is 0.667 bits per heavy atom. The van der Waals surface area contributed by atoms with Gasteiger partial charge in [-0.2, -0.15) is 0 Å². The molecule has 0 aliphatic rings. The van der Waals surface area contributed by atoms with Gasteiger partial charge >= 0.3 is 77.6 Å². The van der Waals surface area contributed by atoms with Gasteiger partial charge in [-0.25, -0.2) is 0 Å². The van der Waals surface area contributed by atoms with Crippen molar-refractivity contribution in [3.8, 4) is 0 Å². The Hall–Kier alpha value is -1.93. The molecule has 0 unspecified atom stereocenters. The van der Waals surface area contributed by atoms with E-state index < -0.39 is 11.9 Å². The molecule has 0 aromatic carbocycles. The molecule has 0 aromatic heterocycles. The van der Waals surface area contributed by atoms with Gasteiger partial charge in [-0.15, -0.1) is 0 Å². The number of rotatable bonds is 3. The van der Waals surface area contributed by atoms with E-state index >= 15 is 0 Å². The van der Waals surface area contributed by atoms with Crippen LogP contribution < -0.4 is 0 Å². The molecular formula is C11H8O9W. The number of ether oxygens (including phenoxy) is 2. The molecule has 0 atom stereocenters. The molecule has 112 valence electrons. The van der Waals surface area contributed by atoms with Crippen LogP contribution in [-0.4, -0.2) is 26.2 Å². The van der Waals surface area contributed by atoms with Gasteiger partial charge in [0, 0.05) is 0 Å². The first-order valence-electron chi connectivity index (χ1n) is 3.56. The van der Waals surface area contributed by atoms with Crippen LogP contribution in [0, 0.1) is 46.1 Å². The average Bonchev–Trinajstić information content (AvgIpc) is 2.61. The van der Waals surface area contributed by atoms with Gasteiger partial charge in [0.15, 0.2) is 0 Å². The summed E-state index contributed by atoms with van der Waals surface area (Å²) in [6.07, 6.45) is 1.98. The topological polar surface area (TPSA) is 152 Å². The van der Waals surface area contributed by atoms with Crippen molar-refractivity contribution in [1.29, 1.82) is 0 Å². The third kappa shape index (κ3) is 93.4. The summed E-state index contributed by atoms with van der Waals surface area (Å²) in [4.78, 5) is 20.6. The molecule has 0 rings (SSSR count). The number of carbonyl (C=O) groups excluding carboxylic acids is 2. The molecule has 0 fully saturated rings. The van der Waals surface area contributed by atoms with Gasteiger partial charge in [-0.1, -0.05) is 0 Å². The third-order valence-electron chi connectivity index (χ3n) is 0.758. The van der Waals surface area contributed by atoms with Gasteiger partial charge < -0.3 is 22.3 Å². The molecule has 0 amide bonds. The van der Waals surface area contributed by atoms with Crippen molar-refractivity contribution in [2.45, 2.75) is 0 Å². The molecule has 0 radical (unpaired) electrons. The van der Waals surface area contributed by atoms with Crippen LogP contribution in [0.1, 0.15) is 0 Å². The van der Waals surface area contributed by atoms with Crippen LogP contribution in [0.4, 0.5) is 0 Å². The van der Waals surface area contributed by atoms with E-state index in [4.69, 9.17) is 23.3 Å². The standard InChI is InChI=1S/C6H8O4.5CO.W/c1-9-5(7)3-4-6(8)10-2;5*1-2;/h3-4H,1-2H3;;;;;;/q-2;;;;;;+2. The molecule has 0 saturated heterocycles. The Balaban J connectivity index is -0.0000000303. The SMILES string of the molecule is COC(=O)[CH-][CH-]C(=O)OC.[C-]#[O+].[C-]#[O+].[C-]#[O+].[C-]#[O+].[C-]#[O+].[W+2]. The Morgan fingerprint density at radius 3 is 0.905 bits per heavy atom. The van der Waals surface area contributed by atoms with E-state index in [0.717, 1.165) is 12.8 Å². The number of hydrogen-bond donors (Lipinski definition) is 0. The molecule has 0 aliphatic heterocycles. The van der Waals surface area contributed by atoms with Crippen molar-refractivity contribution >= 4 is 11.9 Å². The number of esters is 2. The van der Waals surface area contributed by atoms with E-state index in [0.29, 0.717) is 0 Å². The van der Waals surface area contributed by atoms with Crippen molar-refractivity contribution in [2.75, 3.05) is 14.2 Å². The van der Waals surface area contributed by atoms with Gasteiger partial charge in [0.2, 0.25) is 0 Å². The Morgan fingerprint density at radius 2 is 0.810 bits per heavy atom. The fourth-order valence-electron chi connectivity index (χ4n) is 0.272. The van der Waals surface area contributed by atoms with Crippen LogP contribution in [0.3, 0.4) is 0 Å². The fraction of sp³-hybridized carbons (Fsp3) is 0.182. The Kier molecular flexibility index (Phi) is 165. The van der Waals surface area contributed by atoms with Crippen LogP contribution in [0.15, 0.2) is 0 Å². The van der Waals surface area contributed by atoms with E-state index in [1.54, 1.807) is 0 Å². The minimum absolute atomic E-state index is 0. The van der Waals surface area contributed by atoms with Gasteiger partial charge in [0.25, 0.3) is 0 Å². The summed E-state index contributed by atoms with van der Waals surface area (Å²) in [5.41, 5.74) is 0. The van der Waals surface area contributed by atoms with Crippen molar-refractivity contribution in [3.63, 3.8) is 0 Å². The molecule has 10 heteroatoms. The third-order valence-corrected chi connectivity index (χ3v) is 0.758. The summed E-state index contributed by atoms with van der Waals surface area (Å²) in [6, 6.07) is 0. The summed E-state index contributed by atoms with van der Waals surface area (Å²) in [5.74, 6) is -1.16. The molecule has 0 heterocycles. The maximum absolute atomic E-state index is 10.3. The molecule has 0 spiro atoms. The fourth-order valence-corrected chi connectivity index (χ4v) is 0.272. The van der Waals surface area contributed by atoms with Crippen molar-refractivity contribution in [3.05, 3.63) is 46.1 Å². The van der Waals surface area contributed by atoms with Crippen molar-refractivity contribution in [1.82, 2.24) is 0 Å². The van der Waals surface area contributed by atoms with Crippen LogP contribution in [-0.2, 0) is 63.4 Å². The average molecular weight is 468 g/mol. The molecule has 21 heavy (non-hydrogen) atoms. The summed E-state index contributed by atoms with van der Waals surface area (Å²) in [6.45, 7) is 22.5. The number of methoxy groups -OCH3 is 2. The minimum atomic E-state index is -0.578. The van der Waals surface area contributed by atoms with Crippen LogP contribution in [0.2, 0.25) is 0 Å². The number of carbonyl (C=O) groups is 2. The smallest absolute Gasteiger partial charge is 2.00 e. The zero-order chi connectivity index (χ0) is 18.0. The molecule has 0 bridgehead atoms.